The summed E-state index contributed by atoms with van der Waals surface area (Å²) in [4.78, 5) is 4.22. The molecule has 19 heavy (non-hydrogen) atoms. The summed E-state index contributed by atoms with van der Waals surface area (Å²) in [6.45, 7) is 4.43. The van der Waals surface area contributed by atoms with E-state index in [1.807, 2.05) is 19.9 Å². The van der Waals surface area contributed by atoms with E-state index in [1.54, 1.807) is 4.68 Å². The van der Waals surface area contributed by atoms with Crippen LogP contribution in [-0.2, 0) is 6.54 Å². The highest BCUT2D eigenvalue weighted by Gasteiger charge is 2.05. The first-order chi connectivity index (χ1) is 9.08. The molecule has 0 bridgehead atoms. The number of halogens is 1. The SMILES string of the molecule is Cc1nc(C)n(Cc2cc(F)cc(C#CCN)c2)n1. The van der Waals surface area contributed by atoms with E-state index in [4.69, 9.17) is 5.73 Å². The molecule has 0 spiro atoms. The van der Waals surface area contributed by atoms with Gasteiger partial charge in [-0.15, -0.1) is 0 Å². The Morgan fingerprint density at radius 3 is 2.74 bits per heavy atom. The van der Waals surface area contributed by atoms with Crippen LogP contribution in [0.4, 0.5) is 4.39 Å². The highest BCUT2D eigenvalue weighted by Crippen LogP contribution is 2.11. The van der Waals surface area contributed by atoms with E-state index in [0.717, 1.165) is 11.4 Å². The quantitative estimate of drug-likeness (QED) is 0.828. The third kappa shape index (κ3) is 3.39. The monoisotopic (exact) mass is 258 g/mol. The van der Waals surface area contributed by atoms with Crippen molar-refractivity contribution in [1.29, 1.82) is 0 Å². The topological polar surface area (TPSA) is 56.7 Å². The van der Waals surface area contributed by atoms with Crippen LogP contribution in [0.1, 0.15) is 22.8 Å². The Kier molecular flexibility index (Phi) is 3.93. The molecule has 0 fully saturated rings. The molecule has 0 amide bonds. The highest BCUT2D eigenvalue weighted by molar-refractivity contribution is 5.38. The fourth-order valence-electron chi connectivity index (χ4n) is 1.85. The number of aromatic nitrogens is 3. The summed E-state index contributed by atoms with van der Waals surface area (Å²) in [5.41, 5.74) is 6.73. The lowest BCUT2D eigenvalue weighted by Gasteiger charge is -2.04. The average molecular weight is 258 g/mol. The molecule has 1 heterocycles. The molecule has 0 saturated carbocycles. The molecule has 98 valence electrons. The lowest BCUT2D eigenvalue weighted by molar-refractivity contribution is 0.614. The van der Waals surface area contributed by atoms with Crippen molar-refractivity contribution in [3.05, 3.63) is 46.8 Å². The molecule has 4 nitrogen and oxygen atoms in total. The molecular formula is C14H15FN4. The molecule has 0 radical (unpaired) electrons. The highest BCUT2D eigenvalue weighted by atomic mass is 19.1. The fraction of sp³-hybridized carbons (Fsp3) is 0.286. The molecule has 0 aliphatic heterocycles. The van der Waals surface area contributed by atoms with Crippen LogP contribution >= 0.6 is 0 Å². The summed E-state index contributed by atoms with van der Waals surface area (Å²) in [6.07, 6.45) is 0. The third-order valence-corrected chi connectivity index (χ3v) is 2.59. The van der Waals surface area contributed by atoms with Crippen molar-refractivity contribution in [2.75, 3.05) is 6.54 Å². The normalized spacial score (nSPS) is 10.1. The van der Waals surface area contributed by atoms with Crippen molar-refractivity contribution in [3.63, 3.8) is 0 Å². The Hall–Kier alpha value is -2.19. The van der Waals surface area contributed by atoms with Gasteiger partial charge < -0.3 is 5.73 Å². The van der Waals surface area contributed by atoms with Crippen molar-refractivity contribution >= 4 is 0 Å². The predicted molar refractivity (Wildman–Crippen MR) is 70.9 cm³/mol. The van der Waals surface area contributed by atoms with Crippen LogP contribution in [0.25, 0.3) is 0 Å². The molecular weight excluding hydrogens is 243 g/mol. The first-order valence-corrected chi connectivity index (χ1v) is 5.95. The van der Waals surface area contributed by atoms with Gasteiger partial charge in [0.15, 0.2) is 0 Å². The van der Waals surface area contributed by atoms with Gasteiger partial charge in [0.05, 0.1) is 13.1 Å². The molecule has 1 aromatic heterocycles. The van der Waals surface area contributed by atoms with Crippen LogP contribution in [0, 0.1) is 31.5 Å². The lowest BCUT2D eigenvalue weighted by atomic mass is 10.1. The average Bonchev–Trinajstić information content (AvgIpc) is 2.64. The lowest BCUT2D eigenvalue weighted by Crippen LogP contribution is -2.05. The van der Waals surface area contributed by atoms with Crippen LogP contribution in [0.5, 0.6) is 0 Å². The summed E-state index contributed by atoms with van der Waals surface area (Å²) in [5.74, 6) is 6.74. The van der Waals surface area contributed by atoms with E-state index in [2.05, 4.69) is 21.9 Å². The van der Waals surface area contributed by atoms with Gasteiger partial charge in [-0.3, -0.25) is 0 Å². The summed E-state index contributed by atoms with van der Waals surface area (Å²) in [7, 11) is 0. The van der Waals surface area contributed by atoms with E-state index >= 15 is 0 Å². The van der Waals surface area contributed by atoms with Gasteiger partial charge in [0.25, 0.3) is 0 Å². The fourth-order valence-corrected chi connectivity index (χ4v) is 1.85. The number of nitrogens with zero attached hydrogens (tertiary/aromatic N) is 3. The van der Waals surface area contributed by atoms with Gasteiger partial charge in [-0.2, -0.15) is 5.10 Å². The maximum absolute atomic E-state index is 13.5. The standard InChI is InChI=1S/C14H15FN4/c1-10-17-11(2)19(18-10)9-13-6-12(4-3-5-16)7-14(15)8-13/h6-8H,5,9,16H2,1-2H3. The van der Waals surface area contributed by atoms with Crippen LogP contribution < -0.4 is 5.73 Å². The van der Waals surface area contributed by atoms with Crippen LogP contribution in [-0.4, -0.2) is 21.3 Å². The van der Waals surface area contributed by atoms with Gasteiger partial charge in [0, 0.05) is 5.56 Å². The molecule has 0 aliphatic rings. The Morgan fingerprint density at radius 2 is 2.11 bits per heavy atom. The zero-order chi connectivity index (χ0) is 13.8. The van der Waals surface area contributed by atoms with Gasteiger partial charge in [0.1, 0.15) is 17.5 Å². The molecule has 1 aromatic carbocycles. The van der Waals surface area contributed by atoms with E-state index in [1.165, 1.54) is 12.1 Å². The van der Waals surface area contributed by atoms with Crippen molar-refractivity contribution in [1.82, 2.24) is 14.8 Å². The summed E-state index contributed by atoms with van der Waals surface area (Å²) in [5, 5.41) is 4.25. The largest absolute Gasteiger partial charge is 0.320 e. The minimum atomic E-state index is -0.312. The number of hydrogen-bond donors (Lipinski definition) is 1. The van der Waals surface area contributed by atoms with Crippen molar-refractivity contribution in [2.45, 2.75) is 20.4 Å². The Bertz CT molecular complexity index is 649. The van der Waals surface area contributed by atoms with E-state index < -0.39 is 0 Å². The Balaban J connectivity index is 2.30. The maximum atomic E-state index is 13.5. The summed E-state index contributed by atoms with van der Waals surface area (Å²) >= 11 is 0. The van der Waals surface area contributed by atoms with E-state index in [-0.39, 0.29) is 12.4 Å². The maximum Gasteiger partial charge on any atom is 0.147 e. The van der Waals surface area contributed by atoms with Crippen LogP contribution in [0.2, 0.25) is 0 Å². The first-order valence-electron chi connectivity index (χ1n) is 5.95. The van der Waals surface area contributed by atoms with Gasteiger partial charge in [-0.1, -0.05) is 11.8 Å². The minimum Gasteiger partial charge on any atom is -0.320 e. The zero-order valence-corrected chi connectivity index (χ0v) is 10.9. The van der Waals surface area contributed by atoms with Crippen molar-refractivity contribution in [2.24, 2.45) is 5.73 Å². The third-order valence-electron chi connectivity index (χ3n) is 2.59. The first kappa shape index (κ1) is 13.2. The number of hydrogen-bond acceptors (Lipinski definition) is 3. The number of nitrogens with two attached hydrogens (primary N) is 1. The molecule has 5 heteroatoms. The van der Waals surface area contributed by atoms with Gasteiger partial charge >= 0.3 is 0 Å². The van der Waals surface area contributed by atoms with Crippen molar-refractivity contribution in [3.8, 4) is 11.8 Å². The Morgan fingerprint density at radius 1 is 1.32 bits per heavy atom. The zero-order valence-electron chi connectivity index (χ0n) is 10.9. The van der Waals surface area contributed by atoms with Gasteiger partial charge in [-0.05, 0) is 37.6 Å². The van der Waals surface area contributed by atoms with Gasteiger partial charge in [0.2, 0.25) is 0 Å². The molecule has 0 aliphatic carbocycles. The molecule has 2 aromatic rings. The summed E-state index contributed by atoms with van der Waals surface area (Å²) < 4.78 is 15.3. The molecule has 2 rings (SSSR count). The minimum absolute atomic E-state index is 0.257. The molecule has 0 atom stereocenters. The van der Waals surface area contributed by atoms with E-state index in [0.29, 0.717) is 17.9 Å². The molecule has 0 unspecified atom stereocenters. The second-order valence-electron chi connectivity index (χ2n) is 4.22. The second-order valence-corrected chi connectivity index (χ2v) is 4.22. The molecule has 2 N–H and O–H groups in total. The Labute approximate surface area is 111 Å². The molecule has 0 saturated heterocycles. The van der Waals surface area contributed by atoms with Gasteiger partial charge in [-0.25, -0.2) is 14.1 Å². The number of benzene rings is 1. The smallest absolute Gasteiger partial charge is 0.147 e. The van der Waals surface area contributed by atoms with Crippen molar-refractivity contribution < 1.29 is 4.39 Å². The number of rotatable bonds is 2. The van der Waals surface area contributed by atoms with E-state index in [9.17, 15) is 4.39 Å². The second kappa shape index (κ2) is 5.63. The van der Waals surface area contributed by atoms with Crippen LogP contribution in [0.3, 0.4) is 0 Å². The number of aryl methyl sites for hydroxylation is 2. The van der Waals surface area contributed by atoms with Crippen LogP contribution in [0.15, 0.2) is 18.2 Å². The predicted octanol–water partition coefficient (Wildman–Crippen LogP) is 1.39. The summed E-state index contributed by atoms with van der Waals surface area (Å²) in [6, 6.07) is 4.71.